The van der Waals surface area contributed by atoms with Crippen LogP contribution in [-0.2, 0) is 20.5 Å². The lowest BCUT2D eigenvalue weighted by Gasteiger charge is -2.10. The van der Waals surface area contributed by atoms with E-state index in [1.807, 2.05) is 48.0 Å². The number of aromatic nitrogens is 3. The van der Waals surface area contributed by atoms with Crippen LogP contribution < -0.4 is 5.56 Å². The zero-order valence-corrected chi connectivity index (χ0v) is 19.3. The van der Waals surface area contributed by atoms with Gasteiger partial charge in [-0.1, -0.05) is 41.4 Å². The summed E-state index contributed by atoms with van der Waals surface area (Å²) in [5.41, 5.74) is 2.23. The first-order valence-corrected chi connectivity index (χ1v) is 11.3. The van der Waals surface area contributed by atoms with Crippen molar-refractivity contribution in [1.29, 1.82) is 0 Å². The summed E-state index contributed by atoms with van der Waals surface area (Å²) < 4.78 is 3.42. The molecule has 2 heterocycles. The predicted octanol–water partition coefficient (Wildman–Crippen LogP) is 5.14. The van der Waals surface area contributed by atoms with Crippen LogP contribution in [0.1, 0.15) is 21.7 Å². The van der Waals surface area contributed by atoms with Crippen molar-refractivity contribution >= 4 is 51.5 Å². The number of carbonyl (C=O) groups excluding carboxylic acids is 1. The van der Waals surface area contributed by atoms with Crippen LogP contribution in [0.3, 0.4) is 0 Å². The number of nitrogens with zero attached hydrogens (tertiary/aromatic N) is 3. The first-order valence-electron chi connectivity index (χ1n) is 9.55. The lowest BCUT2D eigenvalue weighted by atomic mass is 10.1. The van der Waals surface area contributed by atoms with Gasteiger partial charge in [0.1, 0.15) is 0 Å². The van der Waals surface area contributed by atoms with Crippen molar-refractivity contribution in [3.8, 4) is 0 Å². The van der Waals surface area contributed by atoms with Gasteiger partial charge in [-0.2, -0.15) is 5.10 Å². The van der Waals surface area contributed by atoms with E-state index in [1.165, 1.54) is 16.4 Å². The van der Waals surface area contributed by atoms with Crippen molar-refractivity contribution in [1.82, 2.24) is 14.3 Å². The van der Waals surface area contributed by atoms with Gasteiger partial charge in [-0.15, -0.1) is 11.8 Å². The maximum Gasteiger partial charge on any atom is 0.274 e. The third kappa shape index (κ3) is 4.42. The molecule has 0 fully saturated rings. The fraction of sp³-hybridized carbons (Fsp3) is 0.174. The van der Waals surface area contributed by atoms with Crippen LogP contribution in [0.15, 0.2) is 64.4 Å². The average Bonchev–Trinajstić information content (AvgIpc) is 3.09. The number of rotatable bonds is 6. The Labute approximate surface area is 193 Å². The molecule has 4 aromatic rings. The van der Waals surface area contributed by atoms with Crippen molar-refractivity contribution in [3.63, 3.8) is 0 Å². The molecule has 0 saturated heterocycles. The highest BCUT2D eigenvalue weighted by molar-refractivity contribution is 8.00. The third-order valence-electron chi connectivity index (χ3n) is 5.14. The van der Waals surface area contributed by atoms with E-state index >= 15 is 0 Å². The number of hydrogen-bond acceptors (Lipinski definition) is 4. The van der Waals surface area contributed by atoms with Gasteiger partial charge in [0.2, 0.25) is 0 Å². The maximum atomic E-state index is 12.6. The number of halogens is 2. The van der Waals surface area contributed by atoms with Gasteiger partial charge in [0.25, 0.3) is 5.56 Å². The van der Waals surface area contributed by atoms with Crippen LogP contribution in [-0.4, -0.2) is 25.9 Å². The fourth-order valence-corrected chi connectivity index (χ4v) is 4.89. The minimum absolute atomic E-state index is 0.0554. The van der Waals surface area contributed by atoms with Gasteiger partial charge < -0.3 is 4.57 Å². The largest absolute Gasteiger partial charge is 0.343 e. The van der Waals surface area contributed by atoms with E-state index in [9.17, 15) is 9.59 Å². The number of carbonyl (C=O) groups is 1. The average molecular weight is 472 g/mol. The summed E-state index contributed by atoms with van der Waals surface area (Å²) in [5, 5.41) is 7.81. The highest BCUT2D eigenvalue weighted by Crippen LogP contribution is 2.27. The van der Waals surface area contributed by atoms with Crippen molar-refractivity contribution in [2.45, 2.75) is 11.4 Å². The molecular weight excluding hydrogens is 453 g/mol. The molecule has 0 aliphatic rings. The molecule has 0 aliphatic heterocycles. The molecule has 31 heavy (non-hydrogen) atoms. The number of fused-ring (bicyclic) bond motifs is 1. The fourth-order valence-electron chi connectivity index (χ4n) is 3.47. The molecule has 0 radical (unpaired) electrons. The van der Waals surface area contributed by atoms with E-state index in [0.717, 1.165) is 21.8 Å². The summed E-state index contributed by atoms with van der Waals surface area (Å²) in [7, 11) is 3.62. The smallest absolute Gasteiger partial charge is 0.274 e. The Morgan fingerprint density at radius 1 is 1.03 bits per heavy atom. The Kier molecular flexibility index (Phi) is 6.23. The van der Waals surface area contributed by atoms with Gasteiger partial charge in [-0.05, 0) is 36.4 Å². The summed E-state index contributed by atoms with van der Waals surface area (Å²) in [5.74, 6) is 0.208. The van der Waals surface area contributed by atoms with Crippen LogP contribution in [0.25, 0.3) is 10.8 Å². The van der Waals surface area contributed by atoms with Gasteiger partial charge in [-0.25, -0.2) is 4.68 Å². The lowest BCUT2D eigenvalue weighted by Crippen LogP contribution is -2.21. The molecular formula is C23H19Cl2N3O2S. The van der Waals surface area contributed by atoms with E-state index in [4.69, 9.17) is 23.2 Å². The topological polar surface area (TPSA) is 56.9 Å². The molecule has 0 bridgehead atoms. The van der Waals surface area contributed by atoms with E-state index in [-0.39, 0.29) is 17.1 Å². The van der Waals surface area contributed by atoms with E-state index < -0.39 is 0 Å². The van der Waals surface area contributed by atoms with E-state index in [1.54, 1.807) is 25.2 Å². The molecule has 0 N–H and O–H groups in total. The Morgan fingerprint density at radius 2 is 1.77 bits per heavy atom. The number of Topliss-reactive ketones (excluding diaryl/α,β-unsaturated/α-hetero) is 1. The van der Waals surface area contributed by atoms with Gasteiger partial charge >= 0.3 is 0 Å². The standard InChI is InChI=1S/C23H19Cl2N3O2S/c1-27-15(12-20-16-5-3-4-6-17(16)23(30)28(2)26-20)8-10-22(27)31-13-21(29)18-9-7-14(24)11-19(18)25/h3-11H,12-13H2,1-2H3. The zero-order chi connectivity index (χ0) is 22.1. The molecule has 4 rings (SSSR count). The lowest BCUT2D eigenvalue weighted by molar-refractivity contribution is 0.102. The number of ketones is 1. The summed E-state index contributed by atoms with van der Waals surface area (Å²) >= 11 is 13.5. The number of hydrogen-bond donors (Lipinski definition) is 0. The quantitative estimate of drug-likeness (QED) is 0.288. The molecule has 0 saturated carbocycles. The highest BCUT2D eigenvalue weighted by atomic mass is 35.5. The molecule has 0 unspecified atom stereocenters. The molecule has 0 spiro atoms. The third-order valence-corrected chi connectivity index (χ3v) is 6.80. The Hall–Kier alpha value is -2.54. The molecule has 8 heteroatoms. The Balaban J connectivity index is 1.54. The number of aryl methyl sites for hydroxylation is 1. The molecule has 0 atom stereocenters. The maximum absolute atomic E-state index is 12.6. The molecule has 0 amide bonds. The molecule has 0 aliphatic carbocycles. The van der Waals surface area contributed by atoms with Crippen molar-refractivity contribution in [2.75, 3.05) is 5.75 Å². The van der Waals surface area contributed by atoms with Gasteiger partial charge in [0.15, 0.2) is 5.78 Å². The molecule has 5 nitrogen and oxygen atoms in total. The van der Waals surface area contributed by atoms with Crippen molar-refractivity contribution < 1.29 is 4.79 Å². The van der Waals surface area contributed by atoms with E-state index in [0.29, 0.717) is 27.4 Å². The Morgan fingerprint density at radius 3 is 2.52 bits per heavy atom. The van der Waals surface area contributed by atoms with Crippen LogP contribution in [0.4, 0.5) is 0 Å². The minimum Gasteiger partial charge on any atom is -0.343 e. The summed E-state index contributed by atoms with van der Waals surface area (Å²) in [6.45, 7) is 0. The van der Waals surface area contributed by atoms with Gasteiger partial charge in [0, 0.05) is 42.2 Å². The van der Waals surface area contributed by atoms with Crippen molar-refractivity contribution in [3.05, 3.63) is 91.9 Å². The minimum atomic E-state index is -0.109. The Bertz CT molecular complexity index is 1360. The number of thioether (sulfide) groups is 1. The second kappa shape index (κ2) is 8.91. The van der Waals surface area contributed by atoms with Crippen molar-refractivity contribution in [2.24, 2.45) is 14.1 Å². The second-order valence-corrected chi connectivity index (χ2v) is 9.00. The first-order chi connectivity index (χ1) is 14.8. The SMILES string of the molecule is Cn1c(Cc2nn(C)c(=O)c3ccccc23)ccc1SCC(=O)c1ccc(Cl)cc1Cl. The zero-order valence-electron chi connectivity index (χ0n) is 16.9. The monoisotopic (exact) mass is 471 g/mol. The van der Waals surface area contributed by atoms with Crippen LogP contribution >= 0.6 is 35.0 Å². The van der Waals surface area contributed by atoms with Crippen LogP contribution in [0.5, 0.6) is 0 Å². The highest BCUT2D eigenvalue weighted by Gasteiger charge is 2.15. The van der Waals surface area contributed by atoms with Gasteiger partial charge in [-0.3, -0.25) is 9.59 Å². The summed E-state index contributed by atoms with van der Waals surface area (Å²) in [4.78, 5) is 24.9. The molecule has 158 valence electrons. The molecule has 2 aromatic carbocycles. The summed E-state index contributed by atoms with van der Waals surface area (Å²) in [6, 6.07) is 16.4. The molecule has 2 aromatic heterocycles. The van der Waals surface area contributed by atoms with E-state index in [2.05, 4.69) is 5.10 Å². The number of benzene rings is 2. The predicted molar refractivity (Wildman–Crippen MR) is 127 cm³/mol. The van der Waals surface area contributed by atoms with Gasteiger partial charge in [0.05, 0.1) is 26.9 Å². The first kappa shape index (κ1) is 21.7. The summed E-state index contributed by atoms with van der Waals surface area (Å²) in [6.07, 6.45) is 0.572. The second-order valence-electron chi connectivity index (χ2n) is 7.16. The van der Waals surface area contributed by atoms with Crippen LogP contribution in [0.2, 0.25) is 10.0 Å². The normalized spacial score (nSPS) is 11.2. The van der Waals surface area contributed by atoms with Crippen LogP contribution in [0, 0.1) is 0 Å².